The molecule has 0 unspecified atom stereocenters. The number of nitrogen functional groups attached to an aromatic ring is 1. The van der Waals surface area contributed by atoms with E-state index in [4.69, 9.17) is 5.73 Å². The monoisotopic (exact) mass is 219 g/mol. The summed E-state index contributed by atoms with van der Waals surface area (Å²) in [6.07, 6.45) is 1.71. The van der Waals surface area contributed by atoms with Gasteiger partial charge in [0.15, 0.2) is 0 Å². The van der Waals surface area contributed by atoms with Gasteiger partial charge >= 0.3 is 0 Å². The van der Waals surface area contributed by atoms with Crippen molar-refractivity contribution in [2.45, 2.75) is 19.9 Å². The molecule has 16 heavy (non-hydrogen) atoms. The van der Waals surface area contributed by atoms with Crippen molar-refractivity contribution in [3.8, 4) is 11.3 Å². The van der Waals surface area contributed by atoms with Gasteiger partial charge in [0.2, 0.25) is 0 Å². The molecule has 0 aliphatic rings. The van der Waals surface area contributed by atoms with Crippen LogP contribution >= 0.6 is 0 Å². The highest BCUT2D eigenvalue weighted by Gasteiger charge is 2.11. The number of halogens is 1. The largest absolute Gasteiger partial charge is 0.383 e. The molecular weight excluding hydrogens is 205 g/mol. The van der Waals surface area contributed by atoms with E-state index in [9.17, 15) is 4.39 Å². The normalized spacial score (nSPS) is 11.0. The zero-order valence-electron chi connectivity index (χ0n) is 9.31. The first kappa shape index (κ1) is 10.7. The molecule has 1 aromatic heterocycles. The number of nitrogens with two attached hydrogens (primary N) is 1. The minimum atomic E-state index is -0.259. The summed E-state index contributed by atoms with van der Waals surface area (Å²) in [4.78, 5) is 4.25. The molecule has 0 amide bonds. The van der Waals surface area contributed by atoms with Crippen molar-refractivity contribution in [1.82, 2.24) is 9.55 Å². The third-order valence-corrected chi connectivity index (χ3v) is 2.51. The van der Waals surface area contributed by atoms with Crippen LogP contribution in [0.5, 0.6) is 0 Å². The fourth-order valence-corrected chi connectivity index (χ4v) is 1.61. The molecule has 2 N–H and O–H groups in total. The third kappa shape index (κ3) is 1.78. The van der Waals surface area contributed by atoms with Crippen LogP contribution in [0.2, 0.25) is 0 Å². The van der Waals surface area contributed by atoms with Crippen LogP contribution in [0, 0.1) is 5.82 Å². The summed E-state index contributed by atoms with van der Waals surface area (Å²) in [5.74, 6) is 0.354. The number of rotatable bonds is 2. The standard InChI is InChI=1S/C12H14FN3/c1-8(2)16-7-15-11(12(16)14)9-3-5-10(13)6-4-9/h3-8H,14H2,1-2H3. The Morgan fingerprint density at radius 1 is 1.25 bits per heavy atom. The first-order valence-corrected chi connectivity index (χ1v) is 5.18. The number of aromatic nitrogens is 2. The third-order valence-electron chi connectivity index (χ3n) is 2.51. The van der Waals surface area contributed by atoms with Gasteiger partial charge in [-0.05, 0) is 38.1 Å². The van der Waals surface area contributed by atoms with Crippen LogP contribution in [0.3, 0.4) is 0 Å². The molecule has 1 heterocycles. The van der Waals surface area contributed by atoms with Gasteiger partial charge in [-0.15, -0.1) is 0 Å². The van der Waals surface area contributed by atoms with E-state index in [1.54, 1.807) is 18.5 Å². The Bertz CT molecular complexity index is 485. The molecule has 0 atom stereocenters. The van der Waals surface area contributed by atoms with Crippen LogP contribution in [0.25, 0.3) is 11.3 Å². The maximum atomic E-state index is 12.8. The molecular formula is C12H14FN3. The zero-order chi connectivity index (χ0) is 11.7. The van der Waals surface area contributed by atoms with E-state index < -0.39 is 0 Å². The van der Waals surface area contributed by atoms with E-state index in [1.807, 2.05) is 18.4 Å². The fraction of sp³-hybridized carbons (Fsp3) is 0.250. The van der Waals surface area contributed by atoms with Gasteiger partial charge in [0.25, 0.3) is 0 Å². The molecule has 0 saturated heterocycles. The number of hydrogen-bond acceptors (Lipinski definition) is 2. The molecule has 0 saturated carbocycles. The highest BCUT2D eigenvalue weighted by molar-refractivity contribution is 5.70. The van der Waals surface area contributed by atoms with Crippen LogP contribution in [-0.2, 0) is 0 Å². The summed E-state index contributed by atoms with van der Waals surface area (Å²) in [5.41, 5.74) is 7.52. The average molecular weight is 219 g/mol. The van der Waals surface area contributed by atoms with Crippen LogP contribution in [0.4, 0.5) is 10.2 Å². The highest BCUT2D eigenvalue weighted by atomic mass is 19.1. The van der Waals surface area contributed by atoms with Crippen molar-refractivity contribution >= 4 is 5.82 Å². The Labute approximate surface area is 93.7 Å². The first-order valence-electron chi connectivity index (χ1n) is 5.18. The van der Waals surface area contributed by atoms with Crippen molar-refractivity contribution in [2.75, 3.05) is 5.73 Å². The van der Waals surface area contributed by atoms with E-state index in [2.05, 4.69) is 4.98 Å². The fourth-order valence-electron chi connectivity index (χ4n) is 1.61. The molecule has 0 fully saturated rings. The van der Waals surface area contributed by atoms with Gasteiger partial charge in [-0.1, -0.05) is 0 Å². The smallest absolute Gasteiger partial charge is 0.131 e. The molecule has 84 valence electrons. The van der Waals surface area contributed by atoms with Gasteiger partial charge in [-0.2, -0.15) is 0 Å². The van der Waals surface area contributed by atoms with Crippen LogP contribution in [0.15, 0.2) is 30.6 Å². The second-order valence-corrected chi connectivity index (χ2v) is 3.99. The van der Waals surface area contributed by atoms with Gasteiger partial charge in [0, 0.05) is 11.6 Å². The van der Waals surface area contributed by atoms with E-state index in [1.165, 1.54) is 12.1 Å². The van der Waals surface area contributed by atoms with Gasteiger partial charge in [0.1, 0.15) is 17.3 Å². The quantitative estimate of drug-likeness (QED) is 0.844. The van der Waals surface area contributed by atoms with E-state index in [0.29, 0.717) is 11.5 Å². The molecule has 1 aromatic carbocycles. The van der Waals surface area contributed by atoms with Crippen molar-refractivity contribution in [3.05, 3.63) is 36.4 Å². The van der Waals surface area contributed by atoms with Gasteiger partial charge in [-0.3, -0.25) is 0 Å². The lowest BCUT2D eigenvalue weighted by atomic mass is 10.1. The molecule has 0 bridgehead atoms. The summed E-state index contributed by atoms with van der Waals surface area (Å²) in [6, 6.07) is 6.44. The van der Waals surface area contributed by atoms with E-state index >= 15 is 0 Å². The number of imidazole rings is 1. The summed E-state index contributed by atoms with van der Waals surface area (Å²) in [5, 5.41) is 0. The molecule has 3 nitrogen and oxygen atoms in total. The summed E-state index contributed by atoms with van der Waals surface area (Å²) in [6.45, 7) is 4.07. The molecule has 0 aliphatic carbocycles. The minimum absolute atomic E-state index is 0.259. The Kier molecular flexibility index (Phi) is 2.64. The number of anilines is 1. The van der Waals surface area contributed by atoms with Gasteiger partial charge in [-0.25, -0.2) is 9.37 Å². The van der Waals surface area contributed by atoms with Crippen molar-refractivity contribution < 1.29 is 4.39 Å². The zero-order valence-corrected chi connectivity index (χ0v) is 9.31. The second kappa shape index (κ2) is 3.96. The number of nitrogens with zero attached hydrogens (tertiary/aromatic N) is 2. The van der Waals surface area contributed by atoms with Gasteiger partial charge in [0.05, 0.1) is 6.33 Å². The molecule has 2 aromatic rings. The lowest BCUT2D eigenvalue weighted by Gasteiger charge is -2.08. The average Bonchev–Trinajstić information content (AvgIpc) is 2.61. The lowest BCUT2D eigenvalue weighted by molar-refractivity contribution is 0.607. The Morgan fingerprint density at radius 3 is 2.38 bits per heavy atom. The van der Waals surface area contributed by atoms with E-state index in [0.717, 1.165) is 5.56 Å². The van der Waals surface area contributed by atoms with Crippen molar-refractivity contribution in [2.24, 2.45) is 0 Å². The van der Waals surface area contributed by atoms with Crippen molar-refractivity contribution in [3.63, 3.8) is 0 Å². The molecule has 0 spiro atoms. The van der Waals surface area contributed by atoms with Crippen LogP contribution < -0.4 is 5.73 Å². The number of benzene rings is 1. The topological polar surface area (TPSA) is 43.8 Å². The Hall–Kier alpha value is -1.84. The van der Waals surface area contributed by atoms with E-state index in [-0.39, 0.29) is 11.9 Å². The van der Waals surface area contributed by atoms with Crippen molar-refractivity contribution in [1.29, 1.82) is 0 Å². The second-order valence-electron chi connectivity index (χ2n) is 3.99. The molecule has 4 heteroatoms. The summed E-state index contributed by atoms with van der Waals surface area (Å²) >= 11 is 0. The van der Waals surface area contributed by atoms with Crippen LogP contribution in [-0.4, -0.2) is 9.55 Å². The molecule has 0 radical (unpaired) electrons. The summed E-state index contributed by atoms with van der Waals surface area (Å²) in [7, 11) is 0. The highest BCUT2D eigenvalue weighted by Crippen LogP contribution is 2.26. The number of hydrogen-bond donors (Lipinski definition) is 1. The maximum absolute atomic E-state index is 12.8. The summed E-state index contributed by atoms with van der Waals surface area (Å²) < 4.78 is 14.7. The predicted molar refractivity (Wildman–Crippen MR) is 62.4 cm³/mol. The van der Waals surface area contributed by atoms with Crippen LogP contribution in [0.1, 0.15) is 19.9 Å². The molecule has 2 rings (SSSR count). The molecule has 0 aliphatic heterocycles. The Balaban J connectivity index is 2.45. The Morgan fingerprint density at radius 2 is 1.88 bits per heavy atom. The maximum Gasteiger partial charge on any atom is 0.131 e. The first-order chi connectivity index (χ1) is 7.59. The SMILES string of the molecule is CC(C)n1cnc(-c2ccc(F)cc2)c1N. The van der Waals surface area contributed by atoms with Gasteiger partial charge < -0.3 is 10.3 Å². The lowest BCUT2D eigenvalue weighted by Crippen LogP contribution is -2.04. The minimum Gasteiger partial charge on any atom is -0.383 e. The predicted octanol–water partition coefficient (Wildman–Crippen LogP) is 2.85.